The molecule has 0 aromatic carbocycles. The van der Waals surface area contributed by atoms with Crippen molar-refractivity contribution in [3.8, 4) is 16.6 Å². The summed E-state index contributed by atoms with van der Waals surface area (Å²) in [5.74, 6) is 0.938. The van der Waals surface area contributed by atoms with Crippen molar-refractivity contribution >= 4 is 27.4 Å². The van der Waals surface area contributed by atoms with Crippen molar-refractivity contribution in [3.63, 3.8) is 0 Å². The minimum absolute atomic E-state index is 0.00178. The maximum Gasteiger partial charge on any atom is 0.329 e. The lowest BCUT2D eigenvalue weighted by atomic mass is 10.1. The van der Waals surface area contributed by atoms with Crippen molar-refractivity contribution < 1.29 is 17.7 Å². The molecule has 0 amide bonds. The van der Waals surface area contributed by atoms with E-state index < -0.39 is 9.84 Å². The zero-order valence-corrected chi connectivity index (χ0v) is 18.5. The minimum Gasteiger partial charge on any atom is -0.459 e. The first kappa shape index (κ1) is 20.7. The third-order valence-corrected chi connectivity index (χ3v) is 6.45. The average Bonchev–Trinajstić information content (AvgIpc) is 3.38. The fourth-order valence-electron chi connectivity index (χ4n) is 3.00. The molecule has 0 spiro atoms. The van der Waals surface area contributed by atoms with E-state index in [1.54, 1.807) is 6.07 Å². The molecule has 4 rings (SSSR count). The lowest BCUT2D eigenvalue weighted by Gasteiger charge is -2.29. The van der Waals surface area contributed by atoms with Crippen LogP contribution in [0.15, 0.2) is 27.9 Å². The van der Waals surface area contributed by atoms with Crippen LogP contribution in [-0.4, -0.2) is 58.3 Å². The van der Waals surface area contributed by atoms with Gasteiger partial charge in [-0.1, -0.05) is 19.0 Å². The molecule has 0 radical (unpaired) electrons. The van der Waals surface area contributed by atoms with Crippen LogP contribution in [0.1, 0.15) is 38.4 Å². The summed E-state index contributed by atoms with van der Waals surface area (Å²) in [7, 11) is -3.33. The first-order chi connectivity index (χ1) is 14.3. The van der Waals surface area contributed by atoms with Gasteiger partial charge in [0.25, 0.3) is 0 Å². The number of rotatable bonds is 6. The summed E-state index contributed by atoms with van der Waals surface area (Å²) in [5.41, 5.74) is 0.696. The van der Waals surface area contributed by atoms with Crippen molar-refractivity contribution in [3.05, 3.63) is 24.2 Å². The number of anilines is 1. The second-order valence-corrected chi connectivity index (χ2v) is 10.1. The Morgan fingerprint density at radius 2 is 2.00 bits per heavy atom. The van der Waals surface area contributed by atoms with Crippen molar-refractivity contribution in [1.29, 1.82) is 0 Å². The predicted molar refractivity (Wildman–Crippen MR) is 110 cm³/mol. The smallest absolute Gasteiger partial charge is 0.329 e. The second kappa shape index (κ2) is 8.26. The molecular formula is C18H22N6O4S2. The average molecular weight is 451 g/mol. The third-order valence-electron chi connectivity index (χ3n) is 4.70. The largest absolute Gasteiger partial charge is 0.459 e. The number of hydrogen-bond acceptors (Lipinski definition) is 11. The Morgan fingerprint density at radius 1 is 1.23 bits per heavy atom. The maximum atomic E-state index is 11.5. The van der Waals surface area contributed by atoms with Gasteiger partial charge in [-0.15, -0.1) is 4.37 Å². The van der Waals surface area contributed by atoms with Gasteiger partial charge in [-0.3, -0.25) is 0 Å². The van der Waals surface area contributed by atoms with E-state index in [2.05, 4.69) is 29.4 Å². The SMILES string of the molecule is CC(C)c1noc(N2CCC(Oc3nsc(-c4ccc(S(C)(=O)=O)nc4)n3)CC2)n1. The van der Waals surface area contributed by atoms with Gasteiger partial charge in [0.1, 0.15) is 11.1 Å². The summed E-state index contributed by atoms with van der Waals surface area (Å²) >= 11 is 1.19. The van der Waals surface area contributed by atoms with Crippen LogP contribution in [0.3, 0.4) is 0 Å². The summed E-state index contributed by atoms with van der Waals surface area (Å²) in [4.78, 5) is 14.9. The summed E-state index contributed by atoms with van der Waals surface area (Å²) < 4.78 is 38.6. The quantitative estimate of drug-likeness (QED) is 0.553. The first-order valence-electron chi connectivity index (χ1n) is 9.55. The molecule has 0 N–H and O–H groups in total. The maximum absolute atomic E-state index is 11.5. The Morgan fingerprint density at radius 3 is 2.60 bits per heavy atom. The summed E-state index contributed by atoms with van der Waals surface area (Å²) in [6.07, 6.45) is 4.19. The molecule has 1 aliphatic rings. The van der Waals surface area contributed by atoms with Crippen molar-refractivity contribution in [2.45, 2.75) is 43.7 Å². The molecule has 0 aliphatic carbocycles. The Hall–Kier alpha value is -2.60. The monoisotopic (exact) mass is 450 g/mol. The Kier molecular flexibility index (Phi) is 5.69. The molecule has 0 atom stereocenters. The van der Waals surface area contributed by atoms with E-state index in [-0.39, 0.29) is 17.0 Å². The highest BCUT2D eigenvalue weighted by molar-refractivity contribution is 7.90. The molecule has 0 bridgehead atoms. The van der Waals surface area contributed by atoms with Gasteiger partial charge in [0, 0.05) is 49.9 Å². The summed E-state index contributed by atoms with van der Waals surface area (Å²) in [6, 6.07) is 4.00. The summed E-state index contributed by atoms with van der Waals surface area (Å²) in [5, 5.41) is 4.67. The van der Waals surface area contributed by atoms with E-state index in [1.807, 2.05) is 13.8 Å². The lowest BCUT2D eigenvalue weighted by molar-refractivity contribution is 0.156. The number of piperidine rings is 1. The number of sulfone groups is 1. The van der Waals surface area contributed by atoms with Crippen LogP contribution in [-0.2, 0) is 9.84 Å². The number of nitrogens with zero attached hydrogens (tertiary/aromatic N) is 6. The highest BCUT2D eigenvalue weighted by atomic mass is 32.2. The third kappa shape index (κ3) is 4.59. The zero-order chi connectivity index (χ0) is 21.3. The number of ether oxygens (including phenoxy) is 1. The van der Waals surface area contributed by atoms with Gasteiger partial charge >= 0.3 is 12.0 Å². The van der Waals surface area contributed by atoms with Gasteiger partial charge in [0.2, 0.25) is 0 Å². The Labute approximate surface area is 178 Å². The molecule has 3 aromatic heterocycles. The van der Waals surface area contributed by atoms with Gasteiger partial charge in [0.15, 0.2) is 20.7 Å². The Balaban J connectivity index is 1.34. The van der Waals surface area contributed by atoms with Gasteiger partial charge < -0.3 is 14.2 Å². The van der Waals surface area contributed by atoms with E-state index in [1.165, 1.54) is 23.8 Å². The molecule has 30 heavy (non-hydrogen) atoms. The molecule has 0 unspecified atom stereocenters. The van der Waals surface area contributed by atoms with Crippen molar-refractivity contribution in [2.24, 2.45) is 0 Å². The van der Waals surface area contributed by atoms with E-state index in [0.29, 0.717) is 28.4 Å². The number of hydrogen-bond donors (Lipinski definition) is 0. The molecular weight excluding hydrogens is 428 g/mol. The van der Waals surface area contributed by atoms with Crippen LogP contribution in [0.4, 0.5) is 6.01 Å². The minimum atomic E-state index is -3.33. The van der Waals surface area contributed by atoms with E-state index in [0.717, 1.165) is 32.2 Å². The van der Waals surface area contributed by atoms with Crippen molar-refractivity contribution in [2.75, 3.05) is 24.2 Å². The van der Waals surface area contributed by atoms with Crippen LogP contribution < -0.4 is 9.64 Å². The first-order valence-corrected chi connectivity index (χ1v) is 12.2. The second-order valence-electron chi connectivity index (χ2n) is 7.43. The van der Waals surface area contributed by atoms with E-state index in [4.69, 9.17) is 9.26 Å². The van der Waals surface area contributed by atoms with Crippen LogP contribution in [0, 0.1) is 0 Å². The molecule has 4 heterocycles. The van der Waals surface area contributed by atoms with E-state index in [9.17, 15) is 8.42 Å². The topological polar surface area (TPSA) is 124 Å². The fraction of sp³-hybridized carbons (Fsp3) is 0.500. The standard InChI is InChI=1S/C18H22N6O4S2/c1-11(2)15-20-18(28-22-15)24-8-6-13(7-9-24)27-17-21-16(29-23-17)12-4-5-14(19-10-12)30(3,25)26/h4-5,10-11,13H,6-9H2,1-3H3. The highest BCUT2D eigenvalue weighted by Gasteiger charge is 2.25. The zero-order valence-electron chi connectivity index (χ0n) is 16.8. The van der Waals surface area contributed by atoms with Crippen LogP contribution in [0.5, 0.6) is 6.01 Å². The van der Waals surface area contributed by atoms with Gasteiger partial charge in [-0.05, 0) is 23.7 Å². The predicted octanol–water partition coefficient (Wildman–Crippen LogP) is 2.56. The molecule has 3 aromatic rings. The van der Waals surface area contributed by atoms with Crippen LogP contribution in [0.2, 0.25) is 0 Å². The Bertz CT molecular complexity index is 1100. The molecule has 10 nitrogen and oxygen atoms in total. The van der Waals surface area contributed by atoms with Crippen LogP contribution in [0.25, 0.3) is 10.6 Å². The van der Waals surface area contributed by atoms with Gasteiger partial charge in [0.05, 0.1) is 0 Å². The summed E-state index contributed by atoms with van der Waals surface area (Å²) in [6.45, 7) is 5.55. The molecule has 1 aliphatic heterocycles. The highest BCUT2D eigenvalue weighted by Crippen LogP contribution is 2.27. The lowest BCUT2D eigenvalue weighted by Crippen LogP contribution is -2.38. The molecule has 12 heteroatoms. The molecule has 1 fully saturated rings. The van der Waals surface area contributed by atoms with Crippen molar-refractivity contribution in [1.82, 2.24) is 24.5 Å². The molecule has 160 valence electrons. The molecule has 0 saturated carbocycles. The van der Waals surface area contributed by atoms with Crippen LogP contribution >= 0.6 is 11.5 Å². The number of pyridine rings is 1. The number of aromatic nitrogens is 5. The van der Waals surface area contributed by atoms with Gasteiger partial charge in [-0.25, -0.2) is 13.4 Å². The fourth-order valence-corrected chi connectivity index (χ4v) is 4.16. The van der Waals surface area contributed by atoms with E-state index >= 15 is 0 Å². The normalized spacial score (nSPS) is 15.7. The molecule has 1 saturated heterocycles. The van der Waals surface area contributed by atoms with Gasteiger partial charge in [-0.2, -0.15) is 9.97 Å².